The number of aryl methyl sites for hydroxylation is 1. The van der Waals surface area contributed by atoms with Crippen molar-refractivity contribution in [2.24, 2.45) is 7.05 Å². The molecule has 19 heavy (non-hydrogen) atoms. The fraction of sp³-hybridized carbons (Fsp3) is 0.571. The lowest BCUT2D eigenvalue weighted by atomic mass is 10.0. The van der Waals surface area contributed by atoms with Crippen LogP contribution < -0.4 is 5.32 Å². The fourth-order valence-corrected chi connectivity index (χ4v) is 2.71. The third-order valence-electron chi connectivity index (χ3n) is 3.76. The Bertz CT molecular complexity index is 566. The minimum absolute atomic E-state index is 0.311. The van der Waals surface area contributed by atoms with Gasteiger partial charge >= 0.3 is 0 Å². The Morgan fingerprint density at radius 3 is 3.16 bits per heavy atom. The zero-order valence-corrected chi connectivity index (χ0v) is 11.5. The number of fused-ring (bicyclic) bond motifs is 1. The summed E-state index contributed by atoms with van der Waals surface area (Å²) in [4.78, 5) is 9.01. The normalized spacial score (nSPS) is 23.3. The van der Waals surface area contributed by atoms with Crippen molar-refractivity contribution in [1.82, 2.24) is 19.9 Å². The first kappa shape index (κ1) is 12.6. The third-order valence-corrected chi connectivity index (χ3v) is 3.76. The lowest BCUT2D eigenvalue weighted by Gasteiger charge is -2.18. The van der Waals surface area contributed by atoms with Crippen molar-refractivity contribution in [3.8, 4) is 0 Å². The first-order valence-corrected chi connectivity index (χ1v) is 6.89. The second-order valence-electron chi connectivity index (χ2n) is 5.08. The highest BCUT2D eigenvalue weighted by Gasteiger charge is 2.32. The topological polar surface area (TPSA) is 52.0 Å². The maximum atomic E-state index is 5.64. The van der Waals surface area contributed by atoms with Crippen LogP contribution in [0.15, 0.2) is 18.3 Å². The summed E-state index contributed by atoms with van der Waals surface area (Å²) in [6.45, 7) is 4.70. The molecule has 0 spiro atoms. The molecule has 0 radical (unpaired) electrons. The summed E-state index contributed by atoms with van der Waals surface area (Å²) in [5.41, 5.74) is 1.90. The summed E-state index contributed by atoms with van der Waals surface area (Å²) in [5, 5.41) is 3.55. The Morgan fingerprint density at radius 2 is 2.37 bits per heavy atom. The predicted octanol–water partition coefficient (Wildman–Crippen LogP) is 1.45. The molecular weight excluding hydrogens is 240 g/mol. The molecule has 1 fully saturated rings. The Labute approximate surface area is 113 Å². The zero-order chi connectivity index (χ0) is 13.2. The molecule has 0 aromatic carbocycles. The molecule has 2 atom stereocenters. The van der Waals surface area contributed by atoms with Crippen molar-refractivity contribution in [2.45, 2.75) is 25.3 Å². The van der Waals surface area contributed by atoms with E-state index >= 15 is 0 Å². The zero-order valence-electron chi connectivity index (χ0n) is 11.5. The monoisotopic (exact) mass is 260 g/mol. The summed E-state index contributed by atoms with van der Waals surface area (Å²) in [6.07, 6.45) is 2.92. The van der Waals surface area contributed by atoms with E-state index in [4.69, 9.17) is 4.74 Å². The number of rotatable bonds is 4. The number of hydrogen-bond donors (Lipinski definition) is 1. The lowest BCUT2D eigenvalue weighted by molar-refractivity contribution is 0.187. The van der Waals surface area contributed by atoms with Crippen LogP contribution in [0.2, 0.25) is 0 Å². The molecule has 0 aliphatic carbocycles. The van der Waals surface area contributed by atoms with Gasteiger partial charge in [-0.05, 0) is 25.1 Å². The average molecular weight is 260 g/mol. The number of pyridine rings is 1. The van der Waals surface area contributed by atoms with Gasteiger partial charge in [0.05, 0.1) is 24.6 Å². The number of imidazole rings is 1. The van der Waals surface area contributed by atoms with Gasteiger partial charge in [0.2, 0.25) is 0 Å². The molecule has 0 amide bonds. The van der Waals surface area contributed by atoms with Gasteiger partial charge < -0.3 is 14.6 Å². The number of aromatic nitrogens is 3. The lowest BCUT2D eigenvalue weighted by Crippen LogP contribution is -2.35. The van der Waals surface area contributed by atoms with Crippen LogP contribution in [0.1, 0.15) is 25.1 Å². The molecule has 2 unspecified atom stereocenters. The van der Waals surface area contributed by atoms with E-state index in [0.717, 1.165) is 43.2 Å². The van der Waals surface area contributed by atoms with Gasteiger partial charge in [0.25, 0.3) is 0 Å². The van der Waals surface area contributed by atoms with Crippen LogP contribution in [0, 0.1) is 0 Å². The van der Waals surface area contributed by atoms with Gasteiger partial charge in [-0.25, -0.2) is 9.97 Å². The summed E-state index contributed by atoms with van der Waals surface area (Å²) < 4.78 is 7.78. The molecule has 1 saturated heterocycles. The van der Waals surface area contributed by atoms with E-state index in [2.05, 4.69) is 39.9 Å². The molecule has 2 aromatic heterocycles. The van der Waals surface area contributed by atoms with Gasteiger partial charge in [-0.1, -0.05) is 6.92 Å². The summed E-state index contributed by atoms with van der Waals surface area (Å²) >= 11 is 0. The van der Waals surface area contributed by atoms with Gasteiger partial charge in [0.15, 0.2) is 5.65 Å². The van der Waals surface area contributed by atoms with Crippen LogP contribution in [0.3, 0.4) is 0 Å². The second kappa shape index (κ2) is 5.27. The number of nitrogens with one attached hydrogen (secondary N) is 1. The first-order valence-electron chi connectivity index (χ1n) is 6.89. The van der Waals surface area contributed by atoms with E-state index in [9.17, 15) is 0 Å². The number of hydrogen-bond acceptors (Lipinski definition) is 4. The van der Waals surface area contributed by atoms with E-state index in [0.29, 0.717) is 12.0 Å². The molecule has 3 rings (SSSR count). The standard InChI is InChI=1S/C14H20N4O/c1-3-6-15-11-9-19-8-10(11)14-17-13-12(18(14)2)5-4-7-16-13/h4-5,7,10-11,15H,3,6,8-9H2,1-2H3. The third kappa shape index (κ3) is 2.24. The summed E-state index contributed by atoms with van der Waals surface area (Å²) in [7, 11) is 2.06. The molecule has 5 heteroatoms. The van der Waals surface area contributed by atoms with Crippen molar-refractivity contribution in [1.29, 1.82) is 0 Å². The fourth-order valence-electron chi connectivity index (χ4n) is 2.71. The Hall–Kier alpha value is -1.46. The average Bonchev–Trinajstić information content (AvgIpc) is 3.01. The van der Waals surface area contributed by atoms with Crippen molar-refractivity contribution in [3.63, 3.8) is 0 Å². The minimum atomic E-state index is 0.311. The molecule has 0 bridgehead atoms. The maximum Gasteiger partial charge on any atom is 0.177 e. The van der Waals surface area contributed by atoms with E-state index in [-0.39, 0.29) is 0 Å². The van der Waals surface area contributed by atoms with E-state index < -0.39 is 0 Å². The van der Waals surface area contributed by atoms with Gasteiger partial charge in [-0.15, -0.1) is 0 Å². The van der Waals surface area contributed by atoms with E-state index in [1.165, 1.54) is 0 Å². The molecule has 3 heterocycles. The van der Waals surface area contributed by atoms with Gasteiger partial charge in [-0.2, -0.15) is 0 Å². The molecular formula is C14H20N4O. The smallest absolute Gasteiger partial charge is 0.177 e. The van der Waals surface area contributed by atoms with E-state index in [1.807, 2.05) is 6.07 Å². The second-order valence-corrected chi connectivity index (χ2v) is 5.08. The van der Waals surface area contributed by atoms with Crippen LogP contribution in [0.25, 0.3) is 11.2 Å². The molecule has 1 N–H and O–H groups in total. The molecule has 5 nitrogen and oxygen atoms in total. The molecule has 102 valence electrons. The SMILES string of the molecule is CCCNC1COCC1c1nc2ncccc2n1C. The van der Waals surface area contributed by atoms with Crippen LogP contribution in [-0.4, -0.2) is 40.3 Å². The molecule has 0 saturated carbocycles. The van der Waals surface area contributed by atoms with Crippen LogP contribution in [0.4, 0.5) is 0 Å². The largest absolute Gasteiger partial charge is 0.379 e. The van der Waals surface area contributed by atoms with Crippen molar-refractivity contribution >= 4 is 11.2 Å². The van der Waals surface area contributed by atoms with Gasteiger partial charge in [0, 0.05) is 19.3 Å². The summed E-state index contributed by atoms with van der Waals surface area (Å²) in [6, 6.07) is 4.37. The van der Waals surface area contributed by atoms with Crippen LogP contribution in [-0.2, 0) is 11.8 Å². The highest BCUT2D eigenvalue weighted by molar-refractivity contribution is 5.71. The highest BCUT2D eigenvalue weighted by atomic mass is 16.5. The molecule has 1 aliphatic heterocycles. The maximum absolute atomic E-state index is 5.64. The molecule has 2 aromatic rings. The van der Waals surface area contributed by atoms with E-state index in [1.54, 1.807) is 6.20 Å². The first-order chi connectivity index (χ1) is 9.31. The van der Waals surface area contributed by atoms with Gasteiger partial charge in [-0.3, -0.25) is 0 Å². The minimum Gasteiger partial charge on any atom is -0.379 e. The van der Waals surface area contributed by atoms with Crippen LogP contribution in [0.5, 0.6) is 0 Å². The van der Waals surface area contributed by atoms with Crippen molar-refractivity contribution in [2.75, 3.05) is 19.8 Å². The Morgan fingerprint density at radius 1 is 1.47 bits per heavy atom. The molecule has 1 aliphatic rings. The Balaban J connectivity index is 1.92. The number of nitrogens with zero attached hydrogens (tertiary/aromatic N) is 3. The van der Waals surface area contributed by atoms with Crippen molar-refractivity contribution in [3.05, 3.63) is 24.2 Å². The highest BCUT2D eigenvalue weighted by Crippen LogP contribution is 2.27. The predicted molar refractivity (Wildman–Crippen MR) is 74.2 cm³/mol. The number of ether oxygens (including phenoxy) is 1. The Kier molecular flexibility index (Phi) is 3.48. The quantitative estimate of drug-likeness (QED) is 0.904. The summed E-state index contributed by atoms with van der Waals surface area (Å²) in [5.74, 6) is 1.38. The van der Waals surface area contributed by atoms with Crippen LogP contribution >= 0.6 is 0 Å². The van der Waals surface area contributed by atoms with Crippen molar-refractivity contribution < 1.29 is 4.74 Å². The van der Waals surface area contributed by atoms with Gasteiger partial charge in [0.1, 0.15) is 5.82 Å².